The lowest BCUT2D eigenvalue weighted by molar-refractivity contribution is -0.136. The molecule has 0 unspecified atom stereocenters. The summed E-state index contributed by atoms with van der Waals surface area (Å²) in [5, 5.41) is 7.58. The second-order valence-electron chi connectivity index (χ2n) is 8.47. The molecule has 2 amide bonds. The fourth-order valence-electron chi connectivity index (χ4n) is 3.52. The molecule has 3 aromatic carbocycles. The Kier molecular flexibility index (Phi) is 10.1. The molecule has 1 heterocycles. The van der Waals surface area contributed by atoms with Gasteiger partial charge in [0.2, 0.25) is 10.0 Å². The molecule has 0 aliphatic carbocycles. The van der Waals surface area contributed by atoms with Gasteiger partial charge in [-0.25, -0.2) is 13.8 Å². The number of halogens is 4. The highest BCUT2D eigenvalue weighted by atomic mass is 35.5. The van der Waals surface area contributed by atoms with Crippen LogP contribution in [0.2, 0.25) is 20.1 Å². The van der Waals surface area contributed by atoms with Gasteiger partial charge in [-0.15, -0.1) is 0 Å². The number of carbonyl (C=O) groups is 2. The minimum absolute atomic E-state index is 0.0370. The van der Waals surface area contributed by atoms with E-state index in [-0.39, 0.29) is 39.5 Å². The number of nitrogens with zero attached hydrogens (tertiary/aromatic N) is 2. The Morgan fingerprint density at radius 3 is 2.02 bits per heavy atom. The van der Waals surface area contributed by atoms with Crippen LogP contribution >= 0.6 is 46.4 Å². The quantitative estimate of drug-likeness (QED) is 0.123. The third kappa shape index (κ3) is 8.56. The lowest BCUT2D eigenvalue weighted by Crippen LogP contribution is -2.32. The Balaban J connectivity index is 1.44. The van der Waals surface area contributed by atoms with Crippen molar-refractivity contribution < 1.29 is 22.4 Å². The Bertz CT molecular complexity index is 1670. The van der Waals surface area contributed by atoms with Gasteiger partial charge >= 0.3 is 11.8 Å². The molecule has 0 bridgehead atoms. The zero-order chi connectivity index (χ0) is 29.6. The third-order valence-electron chi connectivity index (χ3n) is 5.42. The third-order valence-corrected chi connectivity index (χ3v) is 8.17. The minimum atomic E-state index is -3.95. The summed E-state index contributed by atoms with van der Waals surface area (Å²) in [5.74, 6) is -1.53. The van der Waals surface area contributed by atoms with Gasteiger partial charge in [-0.1, -0.05) is 58.5 Å². The summed E-state index contributed by atoms with van der Waals surface area (Å²) in [6.07, 6.45) is 1.17. The van der Waals surface area contributed by atoms with E-state index in [1.54, 1.807) is 30.3 Å². The van der Waals surface area contributed by atoms with Crippen LogP contribution in [0.25, 0.3) is 0 Å². The SMILES string of the molecule is O=C(N/N=C/c1ccc(CN(Cc2ccc(Cl)cc2)S(=O)(=O)c2ccc(Cl)cc2)o1)C(=O)Nc1cc(Cl)cc(Cl)c1. The van der Waals surface area contributed by atoms with E-state index in [2.05, 4.69) is 15.8 Å². The number of amides is 2. The van der Waals surface area contributed by atoms with E-state index in [1.807, 2.05) is 0 Å². The van der Waals surface area contributed by atoms with Gasteiger partial charge in [0.05, 0.1) is 17.7 Å². The first-order valence-electron chi connectivity index (χ1n) is 11.7. The van der Waals surface area contributed by atoms with Crippen molar-refractivity contribution in [2.75, 3.05) is 5.32 Å². The van der Waals surface area contributed by atoms with Gasteiger partial charge in [-0.3, -0.25) is 9.59 Å². The van der Waals surface area contributed by atoms with E-state index in [9.17, 15) is 18.0 Å². The molecule has 0 fully saturated rings. The summed E-state index contributed by atoms with van der Waals surface area (Å²) in [5.41, 5.74) is 3.03. The zero-order valence-electron chi connectivity index (χ0n) is 20.9. The van der Waals surface area contributed by atoms with Crippen LogP contribution in [0.15, 0.2) is 93.3 Å². The lowest BCUT2D eigenvalue weighted by atomic mass is 10.2. The fraction of sp³-hybridized carbons (Fsp3) is 0.0741. The highest BCUT2D eigenvalue weighted by molar-refractivity contribution is 7.89. The molecule has 0 spiro atoms. The summed E-state index contributed by atoms with van der Waals surface area (Å²) in [4.78, 5) is 24.3. The molecule has 0 radical (unpaired) electrons. The molecule has 0 saturated carbocycles. The largest absolute Gasteiger partial charge is 0.459 e. The van der Waals surface area contributed by atoms with E-state index in [4.69, 9.17) is 50.8 Å². The highest BCUT2D eigenvalue weighted by Gasteiger charge is 2.26. The predicted molar refractivity (Wildman–Crippen MR) is 159 cm³/mol. The molecule has 2 N–H and O–H groups in total. The molecule has 9 nitrogen and oxygen atoms in total. The smallest absolute Gasteiger partial charge is 0.329 e. The monoisotopic (exact) mass is 652 g/mol. The first-order chi connectivity index (χ1) is 19.5. The Labute approximate surface area is 255 Å². The van der Waals surface area contributed by atoms with Gasteiger partial charge < -0.3 is 9.73 Å². The van der Waals surface area contributed by atoms with E-state index in [0.29, 0.717) is 21.4 Å². The average molecular weight is 654 g/mol. The van der Waals surface area contributed by atoms with Gasteiger partial charge in [-0.05, 0) is 72.3 Å². The average Bonchev–Trinajstić information content (AvgIpc) is 3.36. The normalized spacial score (nSPS) is 11.6. The van der Waals surface area contributed by atoms with Crippen molar-refractivity contribution >= 4 is 80.1 Å². The van der Waals surface area contributed by atoms with E-state index < -0.39 is 21.8 Å². The standard InChI is InChI=1S/C27H20Cl4N4O5S/c28-18-3-1-17(2-4-18)15-35(41(38,39)25-9-5-19(29)6-10-25)16-24-8-7-23(40-24)14-32-34-27(37)26(36)33-22-12-20(30)11-21(31)13-22/h1-14H,15-16H2,(H,33,36)(H,34,37)/b32-14+. The fourth-order valence-corrected chi connectivity index (χ4v) is 5.69. The van der Waals surface area contributed by atoms with Crippen LogP contribution < -0.4 is 10.7 Å². The zero-order valence-corrected chi connectivity index (χ0v) is 24.7. The number of hydrogen-bond acceptors (Lipinski definition) is 6. The van der Waals surface area contributed by atoms with Crippen molar-refractivity contribution in [3.05, 3.63) is 116 Å². The van der Waals surface area contributed by atoms with Gasteiger partial charge in [0.25, 0.3) is 0 Å². The molecule has 1 aromatic heterocycles. The van der Waals surface area contributed by atoms with Crippen molar-refractivity contribution in [2.24, 2.45) is 5.10 Å². The van der Waals surface area contributed by atoms with Crippen LogP contribution in [0.5, 0.6) is 0 Å². The molecular formula is C27H20Cl4N4O5S. The Morgan fingerprint density at radius 2 is 1.39 bits per heavy atom. The van der Waals surface area contributed by atoms with Crippen molar-refractivity contribution in [3.8, 4) is 0 Å². The van der Waals surface area contributed by atoms with Crippen LogP contribution in [-0.4, -0.2) is 30.8 Å². The maximum Gasteiger partial charge on any atom is 0.329 e. The Hall–Kier alpha value is -3.38. The minimum Gasteiger partial charge on any atom is -0.459 e. The van der Waals surface area contributed by atoms with Crippen molar-refractivity contribution in [2.45, 2.75) is 18.0 Å². The van der Waals surface area contributed by atoms with Gasteiger partial charge in [0.15, 0.2) is 0 Å². The second-order valence-corrected chi connectivity index (χ2v) is 12.2. The van der Waals surface area contributed by atoms with E-state index in [0.717, 1.165) is 0 Å². The number of hydrazone groups is 1. The molecule has 4 aromatic rings. The summed E-state index contributed by atoms with van der Waals surface area (Å²) in [6, 6.07) is 20.1. The number of rotatable bonds is 9. The van der Waals surface area contributed by atoms with Gasteiger partial charge in [-0.2, -0.15) is 9.41 Å². The van der Waals surface area contributed by atoms with Crippen LogP contribution in [0, 0.1) is 0 Å². The summed E-state index contributed by atoms with van der Waals surface area (Å²) < 4.78 is 33.9. The molecule has 41 heavy (non-hydrogen) atoms. The number of carbonyl (C=O) groups excluding carboxylic acids is 2. The lowest BCUT2D eigenvalue weighted by Gasteiger charge is -2.21. The molecule has 0 aliphatic rings. The number of nitrogens with one attached hydrogen (secondary N) is 2. The molecule has 212 valence electrons. The van der Waals surface area contributed by atoms with Crippen molar-refractivity contribution in [1.82, 2.24) is 9.73 Å². The first kappa shape index (κ1) is 30.6. The second kappa shape index (κ2) is 13.5. The van der Waals surface area contributed by atoms with Gasteiger partial charge in [0.1, 0.15) is 11.5 Å². The maximum absolute atomic E-state index is 13.5. The first-order valence-corrected chi connectivity index (χ1v) is 14.6. The number of hydrogen-bond donors (Lipinski definition) is 2. The van der Waals surface area contributed by atoms with Crippen LogP contribution in [0.3, 0.4) is 0 Å². The molecule has 4 rings (SSSR count). The van der Waals surface area contributed by atoms with Gasteiger partial charge in [0, 0.05) is 32.3 Å². The van der Waals surface area contributed by atoms with Crippen LogP contribution in [0.4, 0.5) is 5.69 Å². The number of anilines is 1. The van der Waals surface area contributed by atoms with Crippen molar-refractivity contribution in [3.63, 3.8) is 0 Å². The summed E-state index contributed by atoms with van der Waals surface area (Å²) in [6.45, 7) is -0.0757. The highest BCUT2D eigenvalue weighted by Crippen LogP contribution is 2.24. The summed E-state index contributed by atoms with van der Waals surface area (Å²) >= 11 is 23.7. The molecule has 14 heteroatoms. The molecule has 0 atom stereocenters. The number of furan rings is 1. The van der Waals surface area contributed by atoms with E-state index >= 15 is 0 Å². The number of benzene rings is 3. The van der Waals surface area contributed by atoms with E-state index in [1.165, 1.54) is 59.1 Å². The maximum atomic E-state index is 13.5. The molecule has 0 aliphatic heterocycles. The predicted octanol–water partition coefficient (Wildman–Crippen LogP) is 6.37. The Morgan fingerprint density at radius 1 is 0.780 bits per heavy atom. The molecule has 0 saturated heterocycles. The van der Waals surface area contributed by atoms with Crippen molar-refractivity contribution in [1.29, 1.82) is 0 Å². The topological polar surface area (TPSA) is 121 Å². The van der Waals surface area contributed by atoms with Crippen LogP contribution in [-0.2, 0) is 32.7 Å². The number of sulfonamides is 1. The van der Waals surface area contributed by atoms with Crippen LogP contribution in [0.1, 0.15) is 17.1 Å². The molecular weight excluding hydrogens is 634 g/mol. The summed E-state index contributed by atoms with van der Waals surface area (Å²) in [7, 11) is -3.95.